The molecule has 1 aliphatic rings. The molecule has 0 spiro atoms. The Morgan fingerprint density at radius 1 is 0.943 bits per heavy atom. The van der Waals surface area contributed by atoms with Crippen molar-refractivity contribution in [3.8, 4) is 11.5 Å². The van der Waals surface area contributed by atoms with Gasteiger partial charge in [0, 0.05) is 5.56 Å². The third-order valence-electron chi connectivity index (χ3n) is 7.28. The predicted octanol–water partition coefficient (Wildman–Crippen LogP) is 7.40. The smallest absolute Gasteiger partial charge is 0.337 e. The second-order valence-electron chi connectivity index (χ2n) is 10.4. The molecule has 4 heteroatoms. The van der Waals surface area contributed by atoms with E-state index in [4.69, 9.17) is 14.2 Å². The molecule has 1 unspecified atom stereocenters. The first-order valence-electron chi connectivity index (χ1n) is 12.3. The van der Waals surface area contributed by atoms with Crippen LogP contribution in [0.1, 0.15) is 88.8 Å². The average Bonchev–Trinajstić information content (AvgIpc) is 3.13. The van der Waals surface area contributed by atoms with Crippen LogP contribution in [0.25, 0.3) is 0 Å². The highest BCUT2D eigenvalue weighted by Gasteiger charge is 2.45. The Morgan fingerprint density at radius 2 is 1.57 bits per heavy atom. The van der Waals surface area contributed by atoms with E-state index in [1.807, 2.05) is 12.1 Å². The summed E-state index contributed by atoms with van der Waals surface area (Å²) in [4.78, 5) is 11.7. The van der Waals surface area contributed by atoms with Crippen molar-refractivity contribution in [2.45, 2.75) is 72.5 Å². The second-order valence-corrected chi connectivity index (χ2v) is 10.4. The van der Waals surface area contributed by atoms with Gasteiger partial charge in [-0.05, 0) is 86.1 Å². The van der Waals surface area contributed by atoms with Gasteiger partial charge in [0.2, 0.25) is 0 Å². The van der Waals surface area contributed by atoms with Crippen molar-refractivity contribution in [3.05, 3.63) is 93.0 Å². The Morgan fingerprint density at radius 3 is 2.14 bits per heavy atom. The van der Waals surface area contributed by atoms with E-state index < -0.39 is 0 Å². The number of methoxy groups -OCH3 is 1. The number of rotatable bonds is 6. The van der Waals surface area contributed by atoms with E-state index in [1.54, 1.807) is 12.1 Å². The zero-order valence-electron chi connectivity index (χ0n) is 22.1. The van der Waals surface area contributed by atoms with E-state index >= 15 is 0 Å². The number of carbonyl (C=O) groups excluding carboxylic acids is 1. The highest BCUT2D eigenvalue weighted by molar-refractivity contribution is 5.89. The minimum Gasteiger partial charge on any atom is -0.488 e. The van der Waals surface area contributed by atoms with Crippen LogP contribution >= 0.6 is 0 Å². The molecule has 1 aliphatic heterocycles. The molecule has 3 aromatic rings. The maximum atomic E-state index is 11.7. The molecule has 0 saturated carbocycles. The number of hydrogen-bond donors (Lipinski definition) is 0. The average molecular weight is 473 g/mol. The SMILES string of the molecule is COC(=O)c1ccc(COc2c(C)c(C)c3c(c2C)C(c2ccc(C(C)C)cc2)C(C)(C)O3)cc1. The fourth-order valence-corrected chi connectivity index (χ4v) is 5.13. The molecule has 0 saturated heterocycles. The monoisotopic (exact) mass is 472 g/mol. The number of ether oxygens (including phenoxy) is 3. The number of esters is 1. The van der Waals surface area contributed by atoms with E-state index in [0.717, 1.165) is 33.8 Å². The maximum absolute atomic E-state index is 11.7. The van der Waals surface area contributed by atoms with Crippen LogP contribution in [0.2, 0.25) is 0 Å². The Bertz CT molecular complexity index is 1230. The lowest BCUT2D eigenvalue weighted by molar-refractivity contribution is 0.0600. The fraction of sp³-hybridized carbons (Fsp3) is 0.387. The molecule has 4 rings (SSSR count). The molecule has 0 N–H and O–H groups in total. The van der Waals surface area contributed by atoms with Gasteiger partial charge in [-0.2, -0.15) is 0 Å². The van der Waals surface area contributed by atoms with Crippen molar-refractivity contribution in [3.63, 3.8) is 0 Å². The van der Waals surface area contributed by atoms with E-state index in [0.29, 0.717) is 18.1 Å². The van der Waals surface area contributed by atoms with Gasteiger partial charge in [-0.1, -0.05) is 50.2 Å². The minimum absolute atomic E-state index is 0.111. The Hall–Kier alpha value is -3.27. The first kappa shape index (κ1) is 24.8. The van der Waals surface area contributed by atoms with Crippen LogP contribution in [-0.4, -0.2) is 18.7 Å². The van der Waals surface area contributed by atoms with E-state index in [2.05, 4.69) is 72.7 Å². The van der Waals surface area contributed by atoms with Crippen molar-refractivity contribution in [2.24, 2.45) is 0 Å². The lowest BCUT2D eigenvalue weighted by atomic mass is 9.78. The number of carbonyl (C=O) groups is 1. The topological polar surface area (TPSA) is 44.8 Å². The molecular formula is C31H36O4. The van der Waals surface area contributed by atoms with Crippen LogP contribution in [0.5, 0.6) is 11.5 Å². The summed E-state index contributed by atoms with van der Waals surface area (Å²) in [6.07, 6.45) is 0. The summed E-state index contributed by atoms with van der Waals surface area (Å²) >= 11 is 0. The van der Waals surface area contributed by atoms with Crippen LogP contribution in [0, 0.1) is 20.8 Å². The molecular weight excluding hydrogens is 436 g/mol. The molecule has 35 heavy (non-hydrogen) atoms. The Balaban J connectivity index is 1.70. The van der Waals surface area contributed by atoms with Gasteiger partial charge >= 0.3 is 5.97 Å². The lowest BCUT2D eigenvalue weighted by Crippen LogP contribution is -2.31. The van der Waals surface area contributed by atoms with Crippen LogP contribution in [0.4, 0.5) is 0 Å². The molecule has 0 aliphatic carbocycles. The van der Waals surface area contributed by atoms with Gasteiger partial charge < -0.3 is 14.2 Å². The van der Waals surface area contributed by atoms with Crippen LogP contribution in [0.3, 0.4) is 0 Å². The summed E-state index contributed by atoms with van der Waals surface area (Å²) in [5, 5.41) is 0. The Kier molecular flexibility index (Phi) is 6.68. The zero-order valence-corrected chi connectivity index (χ0v) is 22.1. The molecule has 184 valence electrons. The molecule has 0 amide bonds. The molecule has 0 radical (unpaired) electrons. The van der Waals surface area contributed by atoms with Gasteiger partial charge in [0.25, 0.3) is 0 Å². The summed E-state index contributed by atoms with van der Waals surface area (Å²) in [6.45, 7) is 15.6. The number of hydrogen-bond acceptors (Lipinski definition) is 4. The van der Waals surface area contributed by atoms with Crippen molar-refractivity contribution in [1.29, 1.82) is 0 Å². The van der Waals surface area contributed by atoms with Gasteiger partial charge in [-0.15, -0.1) is 0 Å². The normalized spacial score (nSPS) is 16.1. The highest BCUT2D eigenvalue weighted by atomic mass is 16.5. The fourth-order valence-electron chi connectivity index (χ4n) is 5.13. The van der Waals surface area contributed by atoms with Crippen LogP contribution < -0.4 is 9.47 Å². The van der Waals surface area contributed by atoms with Crippen LogP contribution in [-0.2, 0) is 11.3 Å². The van der Waals surface area contributed by atoms with Crippen molar-refractivity contribution in [1.82, 2.24) is 0 Å². The van der Waals surface area contributed by atoms with Crippen molar-refractivity contribution >= 4 is 5.97 Å². The quantitative estimate of drug-likeness (QED) is 0.351. The summed E-state index contributed by atoms with van der Waals surface area (Å²) in [6, 6.07) is 16.3. The standard InChI is InChI=1S/C31H36O4/c1-18(2)23-13-15-24(16-14-23)27-26-21(5)28(19(3)20(4)29(26)35-31(27,6)7)34-17-22-9-11-25(12-10-22)30(32)33-8/h9-16,18,27H,17H2,1-8H3. The van der Waals surface area contributed by atoms with E-state index in [-0.39, 0.29) is 17.5 Å². The largest absolute Gasteiger partial charge is 0.488 e. The molecule has 0 bridgehead atoms. The molecule has 1 atom stereocenters. The molecule has 0 aromatic heterocycles. The number of fused-ring (bicyclic) bond motifs is 1. The molecule has 4 nitrogen and oxygen atoms in total. The first-order chi connectivity index (χ1) is 16.5. The maximum Gasteiger partial charge on any atom is 0.337 e. The summed E-state index contributed by atoms with van der Waals surface area (Å²) in [5.74, 6) is 2.16. The van der Waals surface area contributed by atoms with E-state index in [1.165, 1.54) is 23.8 Å². The van der Waals surface area contributed by atoms with E-state index in [9.17, 15) is 4.79 Å². The molecule has 3 aromatic carbocycles. The predicted molar refractivity (Wildman–Crippen MR) is 140 cm³/mol. The highest BCUT2D eigenvalue weighted by Crippen LogP contribution is 2.54. The summed E-state index contributed by atoms with van der Waals surface area (Å²) < 4.78 is 17.8. The van der Waals surface area contributed by atoms with Gasteiger partial charge in [-0.25, -0.2) is 4.79 Å². The third kappa shape index (κ3) is 4.54. The van der Waals surface area contributed by atoms with Gasteiger partial charge in [0.15, 0.2) is 0 Å². The number of benzene rings is 3. The van der Waals surface area contributed by atoms with Gasteiger partial charge in [0.1, 0.15) is 23.7 Å². The van der Waals surface area contributed by atoms with Crippen molar-refractivity contribution < 1.29 is 19.0 Å². The minimum atomic E-state index is -0.369. The lowest BCUT2D eigenvalue weighted by Gasteiger charge is -2.27. The van der Waals surface area contributed by atoms with Gasteiger partial charge in [0.05, 0.1) is 18.6 Å². The van der Waals surface area contributed by atoms with Crippen molar-refractivity contribution in [2.75, 3.05) is 7.11 Å². The second kappa shape index (κ2) is 9.41. The summed E-state index contributed by atoms with van der Waals surface area (Å²) in [5.41, 5.74) is 8.30. The zero-order chi connectivity index (χ0) is 25.5. The summed E-state index contributed by atoms with van der Waals surface area (Å²) in [7, 11) is 1.39. The van der Waals surface area contributed by atoms with Gasteiger partial charge in [-0.3, -0.25) is 0 Å². The van der Waals surface area contributed by atoms with Crippen LogP contribution in [0.15, 0.2) is 48.5 Å². The first-order valence-corrected chi connectivity index (χ1v) is 12.3. The Labute approximate surface area is 209 Å². The third-order valence-corrected chi connectivity index (χ3v) is 7.28. The molecule has 1 heterocycles. The molecule has 0 fully saturated rings.